The van der Waals surface area contributed by atoms with E-state index in [0.29, 0.717) is 26.9 Å². The van der Waals surface area contributed by atoms with Crippen LogP contribution in [0.25, 0.3) is 11.1 Å². The average molecular weight is 541 g/mol. The predicted octanol–water partition coefficient (Wildman–Crippen LogP) is 3.21. The Morgan fingerprint density at radius 3 is 2.03 bits per heavy atom. The van der Waals surface area contributed by atoms with E-state index >= 15 is 0 Å². The molecule has 2 heterocycles. The second-order valence-corrected chi connectivity index (χ2v) is 11.8. The minimum Gasteiger partial charge on any atom is -0.366 e. The lowest BCUT2D eigenvalue weighted by Gasteiger charge is -2.09. The molecule has 10 nitrogen and oxygen atoms in total. The Kier molecular flexibility index (Phi) is 6.58. The van der Waals surface area contributed by atoms with Crippen molar-refractivity contribution in [2.24, 2.45) is 0 Å². The quantitative estimate of drug-likeness (QED) is 0.290. The van der Waals surface area contributed by atoms with Gasteiger partial charge < -0.3 is 10.8 Å². The summed E-state index contributed by atoms with van der Waals surface area (Å²) in [4.78, 5) is 2.84. The highest BCUT2D eigenvalue weighted by molar-refractivity contribution is 7.92. The van der Waals surface area contributed by atoms with E-state index in [-0.39, 0.29) is 16.5 Å². The Labute approximate surface area is 205 Å². The van der Waals surface area contributed by atoms with Crippen molar-refractivity contribution in [3.8, 4) is 11.1 Å². The fourth-order valence-corrected chi connectivity index (χ4v) is 5.98. The summed E-state index contributed by atoms with van der Waals surface area (Å²) in [6.07, 6.45) is 2.92. The SMILES string of the molecule is Nn1c(CS(=O)(=O)Nc2ccc(Cl)cc2)nnc1CS(=O)(=O)c1c[nH]cc1-c1ccc(Cl)cc1. The van der Waals surface area contributed by atoms with Crippen LogP contribution in [0.4, 0.5) is 5.69 Å². The van der Waals surface area contributed by atoms with E-state index < -0.39 is 31.4 Å². The maximum absolute atomic E-state index is 13.1. The highest BCUT2D eigenvalue weighted by Crippen LogP contribution is 2.30. The number of rotatable bonds is 8. The number of H-pyrrole nitrogens is 1. The summed E-state index contributed by atoms with van der Waals surface area (Å²) in [7, 11) is -7.81. The summed E-state index contributed by atoms with van der Waals surface area (Å²) < 4.78 is 54.5. The van der Waals surface area contributed by atoms with Crippen molar-refractivity contribution in [3.05, 3.63) is 82.6 Å². The Morgan fingerprint density at radius 2 is 1.41 bits per heavy atom. The molecule has 0 fully saturated rings. The first-order valence-corrected chi connectivity index (χ1v) is 13.7. The first-order valence-electron chi connectivity index (χ1n) is 9.64. The van der Waals surface area contributed by atoms with Gasteiger partial charge in [-0.2, -0.15) is 0 Å². The zero-order valence-electron chi connectivity index (χ0n) is 17.3. The zero-order chi connectivity index (χ0) is 24.5. The molecule has 2 aromatic carbocycles. The van der Waals surface area contributed by atoms with Gasteiger partial charge in [-0.25, -0.2) is 21.5 Å². The van der Waals surface area contributed by atoms with Crippen LogP contribution in [0, 0.1) is 0 Å². The van der Waals surface area contributed by atoms with Crippen molar-refractivity contribution in [2.75, 3.05) is 10.6 Å². The number of anilines is 1. The van der Waals surface area contributed by atoms with Crippen molar-refractivity contribution in [2.45, 2.75) is 16.4 Å². The zero-order valence-corrected chi connectivity index (χ0v) is 20.5. The smallest absolute Gasteiger partial charge is 0.240 e. The molecule has 0 aliphatic carbocycles. The van der Waals surface area contributed by atoms with Crippen LogP contribution in [-0.2, 0) is 31.4 Å². The number of benzene rings is 2. The molecular weight excluding hydrogens is 523 g/mol. The molecule has 0 saturated carbocycles. The van der Waals surface area contributed by atoms with E-state index in [1.54, 1.807) is 30.5 Å². The Hall–Kier alpha value is -3.06. The van der Waals surface area contributed by atoms with E-state index in [2.05, 4.69) is 19.9 Å². The summed E-state index contributed by atoms with van der Waals surface area (Å²) in [5.74, 6) is 4.51. The van der Waals surface area contributed by atoms with Crippen LogP contribution >= 0.6 is 23.2 Å². The predicted molar refractivity (Wildman–Crippen MR) is 130 cm³/mol. The maximum atomic E-state index is 13.1. The van der Waals surface area contributed by atoms with Gasteiger partial charge in [0.1, 0.15) is 11.5 Å². The first-order chi connectivity index (χ1) is 16.0. The van der Waals surface area contributed by atoms with Crippen molar-refractivity contribution in [1.29, 1.82) is 0 Å². The second kappa shape index (κ2) is 9.29. The molecule has 0 unspecified atom stereocenters. The van der Waals surface area contributed by atoms with Crippen molar-refractivity contribution < 1.29 is 16.8 Å². The molecular formula is C20H18Cl2N6O4S2. The third-order valence-corrected chi connectivity index (χ3v) is 8.13. The molecule has 178 valence electrons. The number of nitrogen functional groups attached to an aromatic ring is 1. The summed E-state index contributed by atoms with van der Waals surface area (Å²) in [6.45, 7) is 0. The van der Waals surface area contributed by atoms with E-state index in [1.165, 1.54) is 30.5 Å². The molecule has 4 aromatic rings. The Morgan fingerprint density at radius 1 is 0.853 bits per heavy atom. The molecule has 4 N–H and O–H groups in total. The van der Waals surface area contributed by atoms with Gasteiger partial charge >= 0.3 is 0 Å². The molecule has 0 atom stereocenters. The summed E-state index contributed by atoms with van der Waals surface area (Å²) in [6, 6.07) is 12.8. The van der Waals surface area contributed by atoms with Gasteiger partial charge in [-0.05, 0) is 42.0 Å². The minimum atomic E-state index is -3.91. The van der Waals surface area contributed by atoms with E-state index in [0.717, 1.165) is 4.68 Å². The molecule has 14 heteroatoms. The fourth-order valence-electron chi connectivity index (χ4n) is 3.17. The van der Waals surface area contributed by atoms with Gasteiger partial charge in [-0.3, -0.25) is 4.72 Å². The second-order valence-electron chi connectivity index (χ2n) is 7.27. The normalized spacial score (nSPS) is 12.1. The summed E-state index contributed by atoms with van der Waals surface area (Å²) in [5.41, 5.74) is 1.41. The van der Waals surface area contributed by atoms with Crippen LogP contribution in [0.3, 0.4) is 0 Å². The maximum Gasteiger partial charge on any atom is 0.240 e. The topological polar surface area (TPSA) is 153 Å². The molecule has 0 aliphatic heterocycles. The standard InChI is InChI=1S/C20H18Cl2N6O4S2/c21-14-3-1-13(2-4-14)17-9-24-10-18(17)33(29,30)11-19-25-26-20(28(19)23)12-34(31,32)27-16-7-5-15(22)6-8-16/h1-10,24,27H,11-12,23H2. The monoisotopic (exact) mass is 540 g/mol. The highest BCUT2D eigenvalue weighted by Gasteiger charge is 2.26. The lowest BCUT2D eigenvalue weighted by Crippen LogP contribution is -2.23. The van der Waals surface area contributed by atoms with Gasteiger partial charge in [0.2, 0.25) is 10.0 Å². The minimum absolute atomic E-state index is 0.0383. The van der Waals surface area contributed by atoms with Crippen LogP contribution in [0.5, 0.6) is 0 Å². The Balaban J connectivity index is 1.54. The third-order valence-electron chi connectivity index (χ3n) is 4.79. The van der Waals surface area contributed by atoms with Crippen LogP contribution in [0.1, 0.15) is 11.6 Å². The third kappa shape index (κ3) is 5.36. The van der Waals surface area contributed by atoms with Crippen LogP contribution in [0.15, 0.2) is 65.8 Å². The Bertz CT molecular complexity index is 1530. The molecule has 4 rings (SSSR count). The highest BCUT2D eigenvalue weighted by atomic mass is 35.5. The summed E-state index contributed by atoms with van der Waals surface area (Å²) in [5, 5.41) is 8.55. The number of hydrogen-bond acceptors (Lipinski definition) is 7. The molecule has 0 radical (unpaired) electrons. The number of nitrogens with two attached hydrogens (primary N) is 1. The van der Waals surface area contributed by atoms with Crippen LogP contribution in [-0.4, -0.2) is 36.7 Å². The van der Waals surface area contributed by atoms with E-state index in [1.807, 2.05) is 0 Å². The lowest BCUT2D eigenvalue weighted by molar-refractivity contribution is 0.593. The number of sulfonamides is 1. The lowest BCUT2D eigenvalue weighted by atomic mass is 10.1. The largest absolute Gasteiger partial charge is 0.366 e. The molecule has 0 amide bonds. The van der Waals surface area contributed by atoms with Crippen LogP contribution in [0.2, 0.25) is 10.0 Å². The number of hydrogen-bond donors (Lipinski definition) is 3. The van der Waals surface area contributed by atoms with Gasteiger partial charge in [0.05, 0.1) is 4.90 Å². The van der Waals surface area contributed by atoms with Crippen molar-refractivity contribution in [1.82, 2.24) is 19.9 Å². The molecule has 34 heavy (non-hydrogen) atoms. The van der Waals surface area contributed by atoms with Gasteiger partial charge in [0.15, 0.2) is 21.5 Å². The first kappa shape index (κ1) is 24.1. The van der Waals surface area contributed by atoms with Gasteiger partial charge in [-0.15, -0.1) is 10.2 Å². The molecule has 0 bridgehead atoms. The molecule has 0 spiro atoms. The summed E-state index contributed by atoms with van der Waals surface area (Å²) >= 11 is 11.7. The van der Waals surface area contributed by atoms with Gasteiger partial charge in [-0.1, -0.05) is 35.3 Å². The van der Waals surface area contributed by atoms with E-state index in [4.69, 9.17) is 29.0 Å². The number of aromatic amines is 1. The number of halogens is 2. The van der Waals surface area contributed by atoms with Gasteiger partial charge in [0, 0.05) is 33.7 Å². The number of aromatic nitrogens is 4. The molecule has 0 aliphatic rings. The number of nitrogens with zero attached hydrogens (tertiary/aromatic N) is 3. The van der Waals surface area contributed by atoms with Gasteiger partial charge in [0.25, 0.3) is 0 Å². The van der Waals surface area contributed by atoms with Crippen LogP contribution < -0.4 is 10.6 Å². The number of sulfone groups is 1. The number of nitrogens with one attached hydrogen (secondary N) is 2. The fraction of sp³-hybridized carbons (Fsp3) is 0.100. The van der Waals surface area contributed by atoms with Crippen molar-refractivity contribution in [3.63, 3.8) is 0 Å². The van der Waals surface area contributed by atoms with Crippen molar-refractivity contribution >= 4 is 48.7 Å². The van der Waals surface area contributed by atoms with E-state index in [9.17, 15) is 16.8 Å². The molecule has 0 saturated heterocycles. The average Bonchev–Trinajstić information content (AvgIpc) is 3.39. The molecule has 2 aromatic heterocycles.